The molecule has 0 radical (unpaired) electrons. The highest BCUT2D eigenvalue weighted by Gasteiger charge is 2.21. The number of hydrogen-bond donors (Lipinski definition) is 2. The van der Waals surface area contributed by atoms with E-state index in [1.807, 2.05) is 30.3 Å². The van der Waals surface area contributed by atoms with Crippen LogP contribution >= 0.6 is 0 Å². The lowest BCUT2D eigenvalue weighted by atomic mass is 9.92. The molecule has 0 saturated heterocycles. The van der Waals surface area contributed by atoms with Gasteiger partial charge in [0.05, 0.1) is 19.6 Å². The highest BCUT2D eigenvalue weighted by atomic mass is 16.5. The first-order chi connectivity index (χ1) is 11.5. The molecular formula is C18H20O6. The van der Waals surface area contributed by atoms with Crippen LogP contribution < -0.4 is 4.74 Å². The van der Waals surface area contributed by atoms with E-state index in [2.05, 4.69) is 0 Å². The zero-order valence-corrected chi connectivity index (χ0v) is 13.4. The zero-order chi connectivity index (χ0) is 17.5. The number of aliphatic hydroxyl groups excluding tert-OH is 1. The van der Waals surface area contributed by atoms with Crippen molar-refractivity contribution < 1.29 is 29.3 Å². The van der Waals surface area contributed by atoms with E-state index in [4.69, 9.17) is 14.6 Å². The molecular weight excluding hydrogens is 312 g/mol. The van der Waals surface area contributed by atoms with E-state index >= 15 is 0 Å². The van der Waals surface area contributed by atoms with Crippen LogP contribution in [0.3, 0.4) is 0 Å². The molecule has 0 fully saturated rings. The molecule has 1 unspecified atom stereocenters. The summed E-state index contributed by atoms with van der Waals surface area (Å²) in [7, 11) is 1.59. The summed E-state index contributed by atoms with van der Waals surface area (Å²) in [6.45, 7) is -0.323. The highest BCUT2D eigenvalue weighted by Crippen LogP contribution is 2.28. The van der Waals surface area contributed by atoms with E-state index < -0.39 is 17.9 Å². The fraction of sp³-hybridized carbons (Fsp3) is 0.333. The number of aliphatic hydroxyl groups is 1. The molecule has 6 nitrogen and oxygen atoms in total. The van der Waals surface area contributed by atoms with E-state index in [0.29, 0.717) is 5.56 Å². The minimum atomic E-state index is -0.988. The third-order valence-corrected chi connectivity index (χ3v) is 3.76. The van der Waals surface area contributed by atoms with Crippen molar-refractivity contribution in [2.24, 2.45) is 0 Å². The van der Waals surface area contributed by atoms with Crippen LogP contribution in [0.15, 0.2) is 36.4 Å². The average molecular weight is 332 g/mol. The summed E-state index contributed by atoms with van der Waals surface area (Å²) in [6.07, 6.45) is 0.124. The molecule has 0 amide bonds. The number of ether oxygens (including phenoxy) is 2. The van der Waals surface area contributed by atoms with Gasteiger partial charge in [0.15, 0.2) is 0 Å². The number of carbonyl (C=O) groups excluding carboxylic acids is 1. The Balaban J connectivity index is 2.16. The molecule has 2 N–H and O–H groups in total. The Bertz CT molecular complexity index is 725. The molecule has 6 heteroatoms. The van der Waals surface area contributed by atoms with Gasteiger partial charge in [-0.15, -0.1) is 0 Å². The molecule has 1 atom stereocenters. The van der Waals surface area contributed by atoms with Crippen LogP contribution in [0.5, 0.6) is 5.75 Å². The van der Waals surface area contributed by atoms with Gasteiger partial charge in [0.1, 0.15) is 12.4 Å². The molecule has 0 saturated carbocycles. The normalized spacial score (nSPS) is 11.9. The number of benzene rings is 2. The quantitative estimate of drug-likeness (QED) is 0.721. The molecule has 0 bridgehead atoms. The van der Waals surface area contributed by atoms with Gasteiger partial charge in [-0.05, 0) is 34.9 Å². The SMILES string of the molecule is COc1ccc2cc(C(CCC(=O)OCCO)C(=O)O)ccc2c1. The van der Waals surface area contributed by atoms with Gasteiger partial charge in [-0.2, -0.15) is 0 Å². The average Bonchev–Trinajstić information content (AvgIpc) is 2.59. The summed E-state index contributed by atoms with van der Waals surface area (Å²) in [5.74, 6) is -1.56. The molecule has 0 aliphatic heterocycles. The fourth-order valence-electron chi connectivity index (χ4n) is 2.51. The molecule has 0 aliphatic rings. The van der Waals surface area contributed by atoms with Crippen LogP contribution in [0.25, 0.3) is 10.8 Å². The van der Waals surface area contributed by atoms with Crippen molar-refractivity contribution in [3.05, 3.63) is 42.0 Å². The topological polar surface area (TPSA) is 93.1 Å². The number of esters is 1. The molecule has 0 aromatic heterocycles. The molecule has 0 heterocycles. The fourth-order valence-corrected chi connectivity index (χ4v) is 2.51. The Morgan fingerprint density at radius 1 is 1.12 bits per heavy atom. The third kappa shape index (κ3) is 4.45. The molecule has 0 aliphatic carbocycles. The second-order valence-electron chi connectivity index (χ2n) is 5.35. The molecule has 2 aromatic carbocycles. The molecule has 0 spiro atoms. The second-order valence-corrected chi connectivity index (χ2v) is 5.35. The Hall–Kier alpha value is -2.60. The van der Waals surface area contributed by atoms with Crippen LogP contribution in [-0.2, 0) is 14.3 Å². The van der Waals surface area contributed by atoms with Crippen LogP contribution in [0.1, 0.15) is 24.3 Å². The van der Waals surface area contributed by atoms with Gasteiger partial charge in [-0.25, -0.2) is 0 Å². The van der Waals surface area contributed by atoms with E-state index in [1.54, 1.807) is 13.2 Å². The van der Waals surface area contributed by atoms with Gasteiger partial charge in [0, 0.05) is 6.42 Å². The summed E-state index contributed by atoms with van der Waals surface area (Å²) in [6, 6.07) is 11.0. The van der Waals surface area contributed by atoms with Crippen molar-refractivity contribution in [3.63, 3.8) is 0 Å². The monoisotopic (exact) mass is 332 g/mol. The lowest BCUT2D eigenvalue weighted by Gasteiger charge is -2.13. The Morgan fingerprint density at radius 3 is 2.50 bits per heavy atom. The third-order valence-electron chi connectivity index (χ3n) is 3.76. The Morgan fingerprint density at radius 2 is 1.83 bits per heavy atom. The van der Waals surface area contributed by atoms with Crippen molar-refractivity contribution in [1.82, 2.24) is 0 Å². The number of carbonyl (C=O) groups is 2. The molecule has 2 rings (SSSR count). The Kier molecular flexibility index (Phi) is 6.14. The molecule has 2 aromatic rings. The predicted molar refractivity (Wildman–Crippen MR) is 88.2 cm³/mol. The van der Waals surface area contributed by atoms with Gasteiger partial charge >= 0.3 is 11.9 Å². The van der Waals surface area contributed by atoms with Crippen LogP contribution in [0, 0.1) is 0 Å². The van der Waals surface area contributed by atoms with E-state index in [9.17, 15) is 14.7 Å². The number of aliphatic carboxylic acids is 1. The number of carboxylic acids is 1. The number of hydrogen-bond acceptors (Lipinski definition) is 5. The largest absolute Gasteiger partial charge is 0.497 e. The summed E-state index contributed by atoms with van der Waals surface area (Å²) in [5.41, 5.74) is 0.634. The Labute approximate surface area is 139 Å². The number of rotatable bonds is 8. The maximum atomic E-state index is 11.6. The first-order valence-electron chi connectivity index (χ1n) is 7.62. The van der Waals surface area contributed by atoms with Crippen LogP contribution in [0.2, 0.25) is 0 Å². The van der Waals surface area contributed by atoms with Crippen molar-refractivity contribution >= 4 is 22.7 Å². The van der Waals surface area contributed by atoms with Gasteiger partial charge in [0.2, 0.25) is 0 Å². The van der Waals surface area contributed by atoms with Crippen LogP contribution in [-0.4, -0.2) is 42.5 Å². The number of carboxylic acid groups (broad SMARTS) is 1. The second kappa shape index (κ2) is 8.31. The first-order valence-corrected chi connectivity index (χ1v) is 7.62. The summed E-state index contributed by atoms with van der Waals surface area (Å²) in [4.78, 5) is 23.1. The predicted octanol–water partition coefficient (Wildman–Crippen LogP) is 2.33. The lowest BCUT2D eigenvalue weighted by Crippen LogP contribution is -2.15. The number of fused-ring (bicyclic) bond motifs is 1. The summed E-state index contributed by atoms with van der Waals surface area (Å²) >= 11 is 0. The highest BCUT2D eigenvalue weighted by molar-refractivity contribution is 5.86. The number of methoxy groups -OCH3 is 1. The minimum Gasteiger partial charge on any atom is -0.497 e. The van der Waals surface area contributed by atoms with Gasteiger partial charge in [-0.3, -0.25) is 9.59 Å². The molecule has 128 valence electrons. The van der Waals surface area contributed by atoms with E-state index in [0.717, 1.165) is 16.5 Å². The minimum absolute atomic E-state index is 0.0163. The maximum Gasteiger partial charge on any atom is 0.310 e. The van der Waals surface area contributed by atoms with E-state index in [1.165, 1.54) is 0 Å². The van der Waals surface area contributed by atoms with Crippen LogP contribution in [0.4, 0.5) is 0 Å². The maximum absolute atomic E-state index is 11.6. The smallest absolute Gasteiger partial charge is 0.310 e. The molecule has 24 heavy (non-hydrogen) atoms. The summed E-state index contributed by atoms with van der Waals surface area (Å²) in [5, 5.41) is 19.9. The van der Waals surface area contributed by atoms with Gasteiger partial charge in [0.25, 0.3) is 0 Å². The lowest BCUT2D eigenvalue weighted by molar-refractivity contribution is -0.145. The van der Waals surface area contributed by atoms with Crippen molar-refractivity contribution in [2.45, 2.75) is 18.8 Å². The van der Waals surface area contributed by atoms with E-state index in [-0.39, 0.29) is 26.1 Å². The first kappa shape index (κ1) is 17.7. The van der Waals surface area contributed by atoms with Crippen molar-refractivity contribution in [2.75, 3.05) is 20.3 Å². The summed E-state index contributed by atoms with van der Waals surface area (Å²) < 4.78 is 9.93. The zero-order valence-electron chi connectivity index (χ0n) is 13.4. The van der Waals surface area contributed by atoms with Crippen molar-refractivity contribution in [1.29, 1.82) is 0 Å². The van der Waals surface area contributed by atoms with Gasteiger partial charge < -0.3 is 19.7 Å². The standard InChI is InChI=1S/C18H20O6/c1-23-15-5-4-12-10-14(3-2-13(12)11-15)16(18(21)22)6-7-17(20)24-9-8-19/h2-5,10-11,16,19H,6-9H2,1H3,(H,21,22). The van der Waals surface area contributed by atoms with Gasteiger partial charge in [-0.1, -0.05) is 24.3 Å². The van der Waals surface area contributed by atoms with Crippen molar-refractivity contribution in [3.8, 4) is 5.75 Å².